The van der Waals surface area contributed by atoms with E-state index in [9.17, 15) is 13.2 Å². The predicted molar refractivity (Wildman–Crippen MR) is 104 cm³/mol. The van der Waals surface area contributed by atoms with Gasteiger partial charge in [-0.3, -0.25) is 9.78 Å². The van der Waals surface area contributed by atoms with Crippen molar-refractivity contribution in [2.75, 3.05) is 28.8 Å². The summed E-state index contributed by atoms with van der Waals surface area (Å²) >= 11 is 0. The first-order valence-electron chi connectivity index (χ1n) is 8.54. The lowest BCUT2D eigenvalue weighted by molar-refractivity contribution is 0.102. The van der Waals surface area contributed by atoms with Crippen molar-refractivity contribution in [3.8, 4) is 0 Å². The van der Waals surface area contributed by atoms with Crippen LogP contribution in [0.4, 0.5) is 11.4 Å². The lowest BCUT2D eigenvalue weighted by atomic mass is 10.1. The fourth-order valence-corrected chi connectivity index (χ4v) is 5.02. The first-order chi connectivity index (χ1) is 12.3. The predicted octanol–water partition coefficient (Wildman–Crippen LogP) is 2.57. The highest BCUT2D eigenvalue weighted by molar-refractivity contribution is 7.91. The highest BCUT2D eigenvalue weighted by Gasteiger charge is 2.31. The van der Waals surface area contributed by atoms with Gasteiger partial charge in [-0.25, -0.2) is 8.42 Å². The lowest BCUT2D eigenvalue weighted by Gasteiger charge is -2.25. The molecule has 2 heterocycles. The van der Waals surface area contributed by atoms with Crippen LogP contribution < -0.4 is 10.2 Å². The van der Waals surface area contributed by atoms with Gasteiger partial charge in [0.15, 0.2) is 9.84 Å². The molecule has 0 bridgehead atoms. The van der Waals surface area contributed by atoms with Crippen LogP contribution in [0.25, 0.3) is 0 Å². The SMILES string of the molecule is Cc1cccc(C)c1NC(=O)c1cc(N(C)C2CCS(=O)(=O)C2)ccn1. The first-order valence-corrected chi connectivity index (χ1v) is 10.4. The standard InChI is InChI=1S/C19H23N3O3S/c1-13-5-4-6-14(2)18(13)21-19(23)17-11-15(7-9-20-17)22(3)16-8-10-26(24,25)12-16/h4-7,9,11,16H,8,10,12H2,1-3H3,(H,21,23). The van der Waals surface area contributed by atoms with Crippen molar-refractivity contribution in [3.63, 3.8) is 0 Å². The van der Waals surface area contributed by atoms with Crippen LogP contribution >= 0.6 is 0 Å². The maximum absolute atomic E-state index is 12.6. The maximum atomic E-state index is 12.6. The van der Waals surface area contributed by atoms with E-state index in [1.165, 1.54) is 0 Å². The molecule has 1 unspecified atom stereocenters. The van der Waals surface area contributed by atoms with E-state index >= 15 is 0 Å². The van der Waals surface area contributed by atoms with Gasteiger partial charge in [-0.2, -0.15) is 0 Å². The Kier molecular flexibility index (Phi) is 5.00. The number of aryl methyl sites for hydroxylation is 2. The van der Waals surface area contributed by atoms with Crippen LogP contribution in [0.5, 0.6) is 0 Å². The molecule has 1 aliphatic rings. The summed E-state index contributed by atoms with van der Waals surface area (Å²) in [5.74, 6) is 0.0830. The van der Waals surface area contributed by atoms with Crippen LogP contribution in [-0.4, -0.2) is 43.9 Å². The second kappa shape index (κ2) is 7.07. The molecule has 0 spiro atoms. The summed E-state index contributed by atoms with van der Waals surface area (Å²) < 4.78 is 23.4. The van der Waals surface area contributed by atoms with Gasteiger partial charge in [-0.15, -0.1) is 0 Å². The Morgan fingerprint density at radius 3 is 2.54 bits per heavy atom. The number of aromatic nitrogens is 1. The van der Waals surface area contributed by atoms with Gasteiger partial charge in [0.25, 0.3) is 5.91 Å². The average molecular weight is 373 g/mol. The molecule has 0 saturated carbocycles. The molecule has 138 valence electrons. The van der Waals surface area contributed by atoms with Crippen LogP contribution in [0.1, 0.15) is 28.0 Å². The molecule has 7 heteroatoms. The molecule has 1 aromatic carbocycles. The molecular weight excluding hydrogens is 350 g/mol. The van der Waals surface area contributed by atoms with Crippen LogP contribution in [0.15, 0.2) is 36.5 Å². The largest absolute Gasteiger partial charge is 0.370 e. The summed E-state index contributed by atoms with van der Waals surface area (Å²) in [7, 11) is -1.11. The number of carbonyl (C=O) groups is 1. The zero-order valence-corrected chi connectivity index (χ0v) is 16.0. The van der Waals surface area contributed by atoms with E-state index in [0.717, 1.165) is 22.5 Å². The van der Waals surface area contributed by atoms with Gasteiger partial charge >= 0.3 is 0 Å². The van der Waals surface area contributed by atoms with E-state index in [0.29, 0.717) is 12.1 Å². The zero-order chi connectivity index (χ0) is 18.9. The smallest absolute Gasteiger partial charge is 0.274 e. The fraction of sp³-hybridized carbons (Fsp3) is 0.368. The zero-order valence-electron chi connectivity index (χ0n) is 15.2. The molecule has 0 radical (unpaired) electrons. The molecule has 1 saturated heterocycles. The van der Waals surface area contributed by atoms with Crippen LogP contribution in [0.2, 0.25) is 0 Å². The van der Waals surface area contributed by atoms with E-state index in [-0.39, 0.29) is 23.5 Å². The van der Waals surface area contributed by atoms with Gasteiger partial charge in [-0.1, -0.05) is 18.2 Å². The van der Waals surface area contributed by atoms with E-state index in [2.05, 4.69) is 10.3 Å². The number of carbonyl (C=O) groups excluding carboxylic acids is 1. The third-order valence-corrected chi connectivity index (χ3v) is 6.61. The molecule has 2 aromatic rings. The molecule has 3 rings (SSSR count). The number of amides is 1. The van der Waals surface area contributed by atoms with Crippen LogP contribution in [0.3, 0.4) is 0 Å². The minimum atomic E-state index is -2.96. The van der Waals surface area contributed by atoms with Crippen LogP contribution in [0, 0.1) is 13.8 Å². The second-order valence-corrected chi connectivity index (χ2v) is 9.02. The highest BCUT2D eigenvalue weighted by Crippen LogP contribution is 2.24. The summed E-state index contributed by atoms with van der Waals surface area (Å²) in [5, 5.41) is 2.93. The van der Waals surface area contributed by atoms with Gasteiger partial charge in [-0.05, 0) is 43.5 Å². The van der Waals surface area contributed by atoms with Crippen molar-refractivity contribution in [2.45, 2.75) is 26.3 Å². The summed E-state index contributed by atoms with van der Waals surface area (Å²) in [6.45, 7) is 3.89. The highest BCUT2D eigenvalue weighted by atomic mass is 32.2. The van der Waals surface area contributed by atoms with Gasteiger partial charge in [0.2, 0.25) is 0 Å². The Balaban J connectivity index is 1.80. The van der Waals surface area contributed by atoms with Crippen molar-refractivity contribution in [3.05, 3.63) is 53.3 Å². The van der Waals surface area contributed by atoms with Crippen LogP contribution in [-0.2, 0) is 9.84 Å². The van der Waals surface area contributed by atoms with E-state index in [1.54, 1.807) is 18.3 Å². The van der Waals surface area contributed by atoms with Crippen molar-refractivity contribution in [2.24, 2.45) is 0 Å². The Hall–Kier alpha value is -2.41. The molecule has 1 atom stereocenters. The number of benzene rings is 1. The summed E-state index contributed by atoms with van der Waals surface area (Å²) in [4.78, 5) is 18.7. The quantitative estimate of drug-likeness (QED) is 0.891. The number of pyridine rings is 1. The molecule has 26 heavy (non-hydrogen) atoms. The minimum Gasteiger partial charge on any atom is -0.370 e. The number of hydrogen-bond donors (Lipinski definition) is 1. The van der Waals surface area contributed by atoms with Crippen molar-refractivity contribution in [1.82, 2.24) is 4.98 Å². The van der Waals surface area contributed by atoms with Gasteiger partial charge < -0.3 is 10.2 Å². The molecule has 1 amide bonds. The fourth-order valence-electron chi connectivity index (χ4n) is 3.24. The number of rotatable bonds is 4. The third kappa shape index (κ3) is 3.88. The topological polar surface area (TPSA) is 79.4 Å². The molecule has 6 nitrogen and oxygen atoms in total. The molecule has 1 aliphatic heterocycles. The van der Waals surface area contributed by atoms with Crippen molar-refractivity contribution >= 4 is 27.1 Å². The molecule has 1 fully saturated rings. The first kappa shape index (κ1) is 18.4. The normalized spacial score (nSPS) is 18.5. The van der Waals surface area contributed by atoms with Gasteiger partial charge in [0.1, 0.15) is 5.69 Å². The summed E-state index contributed by atoms with van der Waals surface area (Å²) in [5.41, 5.74) is 3.86. The Morgan fingerprint density at radius 1 is 1.23 bits per heavy atom. The van der Waals surface area contributed by atoms with E-state index in [4.69, 9.17) is 0 Å². The van der Waals surface area contributed by atoms with Crippen molar-refractivity contribution in [1.29, 1.82) is 0 Å². The number of nitrogens with one attached hydrogen (secondary N) is 1. The monoisotopic (exact) mass is 373 g/mol. The number of para-hydroxylation sites is 1. The lowest BCUT2D eigenvalue weighted by Crippen LogP contribution is -2.32. The Bertz CT molecular complexity index is 921. The number of nitrogens with zero attached hydrogens (tertiary/aromatic N) is 2. The van der Waals surface area contributed by atoms with Gasteiger partial charge in [0.05, 0.1) is 11.5 Å². The second-order valence-electron chi connectivity index (χ2n) is 6.79. The van der Waals surface area contributed by atoms with Crippen molar-refractivity contribution < 1.29 is 13.2 Å². The third-order valence-electron chi connectivity index (χ3n) is 4.86. The Labute approximate surface area is 154 Å². The Morgan fingerprint density at radius 2 is 1.92 bits per heavy atom. The van der Waals surface area contributed by atoms with E-state index < -0.39 is 9.84 Å². The van der Waals surface area contributed by atoms with E-state index in [1.807, 2.05) is 44.0 Å². The molecule has 1 aromatic heterocycles. The average Bonchev–Trinajstić information content (AvgIpc) is 2.97. The maximum Gasteiger partial charge on any atom is 0.274 e. The summed E-state index contributed by atoms with van der Waals surface area (Å²) in [6.07, 6.45) is 2.18. The number of hydrogen-bond acceptors (Lipinski definition) is 5. The molecule has 1 N–H and O–H groups in total. The van der Waals surface area contributed by atoms with Gasteiger partial charge in [0, 0.05) is 30.7 Å². The minimum absolute atomic E-state index is 0.0723. The summed E-state index contributed by atoms with van der Waals surface area (Å²) in [6, 6.07) is 9.26. The molecule has 0 aliphatic carbocycles. The number of anilines is 2. The molecular formula is C19H23N3O3S. The number of sulfone groups is 1.